The number of hydrogen-bond acceptors (Lipinski definition) is 5. The fourth-order valence-corrected chi connectivity index (χ4v) is 2.85. The van der Waals surface area contributed by atoms with E-state index in [9.17, 15) is 4.79 Å². The lowest BCUT2D eigenvalue weighted by molar-refractivity contribution is -0.128. The fraction of sp³-hybridized carbons (Fsp3) is 0.357. The summed E-state index contributed by atoms with van der Waals surface area (Å²) in [6.45, 7) is 1.77. The lowest BCUT2D eigenvalue weighted by Gasteiger charge is -2.14. The maximum Gasteiger partial charge on any atom is 0.322 e. The number of anilines is 1. The maximum absolute atomic E-state index is 11.9. The average Bonchev–Trinajstić information content (AvgIpc) is 3.15. The first-order valence-corrected chi connectivity index (χ1v) is 7.69. The van der Waals surface area contributed by atoms with Gasteiger partial charge in [0.15, 0.2) is 0 Å². The van der Waals surface area contributed by atoms with E-state index in [1.165, 1.54) is 0 Å². The molecule has 1 aliphatic rings. The number of aromatic nitrogens is 2. The van der Waals surface area contributed by atoms with E-state index in [2.05, 4.69) is 15.5 Å². The van der Waals surface area contributed by atoms with Gasteiger partial charge in [0, 0.05) is 28.7 Å². The molecule has 1 amide bonds. The lowest BCUT2D eigenvalue weighted by Crippen LogP contribution is -2.33. The van der Waals surface area contributed by atoms with Crippen LogP contribution in [-0.2, 0) is 4.79 Å². The number of carbonyl (C=O) groups excluding carboxylic acids is 1. The van der Waals surface area contributed by atoms with Crippen LogP contribution in [0, 0.1) is 0 Å². The molecule has 0 saturated carbocycles. The van der Waals surface area contributed by atoms with Gasteiger partial charge in [0.25, 0.3) is 0 Å². The van der Waals surface area contributed by atoms with Crippen LogP contribution in [0.5, 0.6) is 0 Å². The number of carbonyl (C=O) groups is 1. The molecule has 0 radical (unpaired) electrons. The summed E-state index contributed by atoms with van der Waals surface area (Å²) in [5.74, 6) is 0.392. The van der Waals surface area contributed by atoms with Gasteiger partial charge in [-0.3, -0.25) is 4.79 Å². The molecule has 22 heavy (non-hydrogen) atoms. The molecule has 116 valence electrons. The predicted octanol–water partition coefficient (Wildman–Crippen LogP) is 3.08. The molecular formula is C14H14Cl2N4O2. The molecule has 1 N–H and O–H groups in total. The average molecular weight is 341 g/mol. The van der Waals surface area contributed by atoms with Crippen molar-refractivity contribution < 1.29 is 9.32 Å². The number of nitrogens with one attached hydrogen (secondary N) is 1. The van der Waals surface area contributed by atoms with Gasteiger partial charge in [0.2, 0.25) is 11.7 Å². The first-order chi connectivity index (χ1) is 10.6. The SMILES string of the molecule is O=C(CNc1nc(-c2cc(Cl)cc(Cl)c2)no1)N1CCCC1. The van der Waals surface area contributed by atoms with Crippen LogP contribution in [0.3, 0.4) is 0 Å². The number of nitrogens with zero attached hydrogens (tertiary/aromatic N) is 3. The van der Waals surface area contributed by atoms with Crippen LogP contribution in [0.25, 0.3) is 11.4 Å². The number of rotatable bonds is 4. The zero-order valence-electron chi connectivity index (χ0n) is 11.7. The van der Waals surface area contributed by atoms with Crippen molar-refractivity contribution in [3.05, 3.63) is 28.2 Å². The summed E-state index contributed by atoms with van der Waals surface area (Å²) in [5, 5.41) is 7.68. The molecule has 6 nitrogen and oxygen atoms in total. The van der Waals surface area contributed by atoms with Crippen molar-refractivity contribution in [3.8, 4) is 11.4 Å². The van der Waals surface area contributed by atoms with E-state index < -0.39 is 0 Å². The second-order valence-electron chi connectivity index (χ2n) is 5.02. The van der Waals surface area contributed by atoms with Crippen molar-refractivity contribution in [2.75, 3.05) is 25.0 Å². The summed E-state index contributed by atoms with van der Waals surface area (Å²) < 4.78 is 5.08. The third-order valence-electron chi connectivity index (χ3n) is 3.40. The molecule has 8 heteroatoms. The minimum Gasteiger partial charge on any atom is -0.341 e. The Balaban J connectivity index is 1.64. The van der Waals surface area contributed by atoms with Gasteiger partial charge < -0.3 is 14.7 Å². The van der Waals surface area contributed by atoms with Crippen LogP contribution in [0.2, 0.25) is 10.0 Å². The molecule has 0 aliphatic carbocycles. The largest absolute Gasteiger partial charge is 0.341 e. The van der Waals surface area contributed by atoms with Crippen LogP contribution in [0.15, 0.2) is 22.7 Å². The minimum atomic E-state index is 0.0306. The molecular weight excluding hydrogens is 327 g/mol. The van der Waals surface area contributed by atoms with Crippen molar-refractivity contribution in [1.82, 2.24) is 15.0 Å². The molecule has 1 saturated heterocycles. The molecule has 1 aromatic carbocycles. The number of amides is 1. The molecule has 1 fully saturated rings. The van der Waals surface area contributed by atoms with E-state index >= 15 is 0 Å². The zero-order chi connectivity index (χ0) is 15.5. The number of likely N-dealkylation sites (tertiary alicyclic amines) is 1. The van der Waals surface area contributed by atoms with E-state index in [-0.39, 0.29) is 18.5 Å². The summed E-state index contributed by atoms with van der Waals surface area (Å²) in [7, 11) is 0. The van der Waals surface area contributed by atoms with E-state index in [0.29, 0.717) is 21.4 Å². The van der Waals surface area contributed by atoms with Crippen molar-refractivity contribution in [2.24, 2.45) is 0 Å². The van der Waals surface area contributed by atoms with Crippen LogP contribution >= 0.6 is 23.2 Å². The van der Waals surface area contributed by atoms with E-state index in [1.54, 1.807) is 18.2 Å². The molecule has 1 aliphatic heterocycles. The summed E-state index contributed by atoms with van der Waals surface area (Å²) in [6, 6.07) is 5.20. The van der Waals surface area contributed by atoms with Crippen molar-refractivity contribution in [1.29, 1.82) is 0 Å². The predicted molar refractivity (Wildman–Crippen MR) is 84.1 cm³/mol. The minimum absolute atomic E-state index is 0.0306. The normalized spacial score (nSPS) is 14.4. The van der Waals surface area contributed by atoms with Crippen LogP contribution in [0.4, 0.5) is 6.01 Å². The van der Waals surface area contributed by atoms with Gasteiger partial charge >= 0.3 is 6.01 Å². The zero-order valence-corrected chi connectivity index (χ0v) is 13.2. The molecule has 0 unspecified atom stereocenters. The van der Waals surface area contributed by atoms with E-state index in [4.69, 9.17) is 27.7 Å². The molecule has 1 aromatic heterocycles. The molecule has 0 bridgehead atoms. The molecule has 3 rings (SSSR count). The maximum atomic E-state index is 11.9. The highest BCUT2D eigenvalue weighted by atomic mass is 35.5. The topological polar surface area (TPSA) is 71.3 Å². The summed E-state index contributed by atoms with van der Waals surface area (Å²) in [4.78, 5) is 17.9. The monoisotopic (exact) mass is 340 g/mol. The summed E-state index contributed by atoms with van der Waals surface area (Å²) in [5.41, 5.74) is 0.653. The van der Waals surface area contributed by atoms with Crippen LogP contribution in [0.1, 0.15) is 12.8 Å². The van der Waals surface area contributed by atoms with Gasteiger partial charge in [-0.15, -0.1) is 0 Å². The second kappa shape index (κ2) is 6.54. The Hall–Kier alpha value is -1.79. The van der Waals surface area contributed by atoms with Crippen molar-refractivity contribution in [2.45, 2.75) is 12.8 Å². The van der Waals surface area contributed by atoms with Gasteiger partial charge in [-0.05, 0) is 31.0 Å². The smallest absolute Gasteiger partial charge is 0.322 e. The van der Waals surface area contributed by atoms with Crippen LogP contribution in [-0.4, -0.2) is 40.6 Å². The van der Waals surface area contributed by atoms with Crippen molar-refractivity contribution >= 4 is 35.1 Å². The molecule has 2 heterocycles. The Morgan fingerprint density at radius 3 is 2.59 bits per heavy atom. The molecule has 2 aromatic rings. The molecule has 0 spiro atoms. The van der Waals surface area contributed by atoms with Gasteiger partial charge in [-0.2, -0.15) is 4.98 Å². The first-order valence-electron chi connectivity index (χ1n) is 6.93. The van der Waals surface area contributed by atoms with Gasteiger partial charge in [0.05, 0.1) is 6.54 Å². The van der Waals surface area contributed by atoms with Crippen molar-refractivity contribution in [3.63, 3.8) is 0 Å². The quantitative estimate of drug-likeness (QED) is 0.925. The Bertz CT molecular complexity index is 663. The van der Waals surface area contributed by atoms with E-state index in [0.717, 1.165) is 25.9 Å². The Morgan fingerprint density at radius 1 is 1.23 bits per heavy atom. The highest BCUT2D eigenvalue weighted by Crippen LogP contribution is 2.26. The number of halogens is 2. The number of hydrogen-bond donors (Lipinski definition) is 1. The third kappa shape index (κ3) is 3.51. The van der Waals surface area contributed by atoms with E-state index in [1.807, 2.05) is 4.90 Å². The molecule has 0 atom stereocenters. The number of benzene rings is 1. The summed E-state index contributed by atoms with van der Waals surface area (Å²) in [6.07, 6.45) is 2.12. The Kier molecular flexibility index (Phi) is 4.49. The standard InChI is InChI=1S/C14H14Cl2N4O2/c15-10-5-9(6-11(16)7-10)13-18-14(22-19-13)17-8-12(21)20-3-1-2-4-20/h5-7H,1-4,8H2,(H,17,18,19). The highest BCUT2D eigenvalue weighted by Gasteiger charge is 2.18. The Labute approximate surface area is 137 Å². The van der Waals surface area contributed by atoms with Gasteiger partial charge in [-0.25, -0.2) is 0 Å². The summed E-state index contributed by atoms with van der Waals surface area (Å²) >= 11 is 11.9. The first kappa shape index (κ1) is 15.1. The Morgan fingerprint density at radius 2 is 1.91 bits per heavy atom. The second-order valence-corrected chi connectivity index (χ2v) is 5.90. The van der Waals surface area contributed by atoms with Gasteiger partial charge in [-0.1, -0.05) is 28.4 Å². The highest BCUT2D eigenvalue weighted by molar-refractivity contribution is 6.35. The van der Waals surface area contributed by atoms with Gasteiger partial charge in [0.1, 0.15) is 0 Å². The fourth-order valence-electron chi connectivity index (χ4n) is 2.33. The lowest BCUT2D eigenvalue weighted by atomic mass is 10.2. The third-order valence-corrected chi connectivity index (χ3v) is 3.83. The van der Waals surface area contributed by atoms with Crippen LogP contribution < -0.4 is 5.32 Å².